The Hall–Kier alpha value is -1.80. The molecule has 2 rings (SSSR count). The highest BCUT2D eigenvalue weighted by molar-refractivity contribution is 9.10. The molecule has 0 bridgehead atoms. The molecule has 1 aromatic heterocycles. The van der Waals surface area contributed by atoms with Crippen LogP contribution in [-0.4, -0.2) is 41.2 Å². The van der Waals surface area contributed by atoms with Crippen LogP contribution in [0, 0.1) is 20.8 Å². The number of aryl methyl sites for hydroxylation is 3. The normalized spacial score (nSPS) is 10.6. The predicted molar refractivity (Wildman–Crippen MR) is 102 cm³/mol. The van der Waals surface area contributed by atoms with Gasteiger partial charge < -0.3 is 14.7 Å². The van der Waals surface area contributed by atoms with Crippen molar-refractivity contribution < 1.29 is 14.1 Å². The Morgan fingerprint density at radius 3 is 2.60 bits per heavy atom. The van der Waals surface area contributed by atoms with E-state index in [1.165, 1.54) is 16.7 Å². The van der Waals surface area contributed by atoms with Gasteiger partial charge in [0.1, 0.15) is 5.76 Å². The molecule has 0 spiro atoms. The number of nitrogens with zero attached hydrogens (tertiary/aromatic N) is 2. The minimum Gasteiger partial charge on any atom is -0.360 e. The molecule has 8 heteroatoms. The van der Waals surface area contributed by atoms with Gasteiger partial charge >= 0.3 is 0 Å². The van der Waals surface area contributed by atoms with Gasteiger partial charge in [-0.15, -0.1) is 11.8 Å². The van der Waals surface area contributed by atoms with Crippen molar-refractivity contribution in [3.8, 4) is 0 Å². The van der Waals surface area contributed by atoms with Crippen molar-refractivity contribution in [1.29, 1.82) is 0 Å². The van der Waals surface area contributed by atoms with Crippen LogP contribution in [0.2, 0.25) is 0 Å². The number of anilines is 1. The standard InChI is InChI=1S/C17H20BrN3O3S/c1-10-6-14(11(2)5-13(10)18)25-9-17(23)21(4)8-16(22)19-15-7-12(3)24-20-15/h5-7H,8-9H2,1-4H3,(H,19,20,22). The van der Waals surface area contributed by atoms with Crippen molar-refractivity contribution >= 4 is 45.3 Å². The molecule has 2 amide bonds. The van der Waals surface area contributed by atoms with Crippen molar-refractivity contribution in [3.05, 3.63) is 39.6 Å². The van der Waals surface area contributed by atoms with Gasteiger partial charge in [0.15, 0.2) is 5.82 Å². The number of hydrogen-bond donors (Lipinski definition) is 1. The van der Waals surface area contributed by atoms with E-state index in [1.807, 2.05) is 19.9 Å². The zero-order chi connectivity index (χ0) is 18.6. The van der Waals surface area contributed by atoms with Crippen LogP contribution in [-0.2, 0) is 9.59 Å². The average molecular weight is 426 g/mol. The summed E-state index contributed by atoms with van der Waals surface area (Å²) < 4.78 is 5.94. The summed E-state index contributed by atoms with van der Waals surface area (Å²) in [5.74, 6) is 0.797. The Bertz CT molecular complexity index is 791. The Balaban J connectivity index is 1.85. The molecule has 0 fully saturated rings. The smallest absolute Gasteiger partial charge is 0.245 e. The van der Waals surface area contributed by atoms with E-state index in [1.54, 1.807) is 20.0 Å². The molecule has 0 unspecified atom stereocenters. The summed E-state index contributed by atoms with van der Waals surface area (Å²) in [4.78, 5) is 26.7. The van der Waals surface area contributed by atoms with Gasteiger partial charge in [-0.3, -0.25) is 9.59 Å². The molecule has 25 heavy (non-hydrogen) atoms. The lowest BCUT2D eigenvalue weighted by Crippen LogP contribution is -2.36. The molecule has 0 atom stereocenters. The van der Waals surface area contributed by atoms with Gasteiger partial charge in [-0.1, -0.05) is 21.1 Å². The summed E-state index contributed by atoms with van der Waals surface area (Å²) in [6, 6.07) is 5.71. The highest BCUT2D eigenvalue weighted by Gasteiger charge is 2.15. The lowest BCUT2D eigenvalue weighted by Gasteiger charge is -2.16. The molecule has 6 nitrogen and oxygen atoms in total. The molecule has 1 N–H and O–H groups in total. The summed E-state index contributed by atoms with van der Waals surface area (Å²) in [5.41, 5.74) is 2.23. The van der Waals surface area contributed by atoms with Crippen LogP contribution in [0.4, 0.5) is 5.82 Å². The zero-order valence-electron chi connectivity index (χ0n) is 14.6. The molecule has 0 saturated carbocycles. The first kappa shape index (κ1) is 19.5. The zero-order valence-corrected chi connectivity index (χ0v) is 17.0. The van der Waals surface area contributed by atoms with Crippen LogP contribution in [0.15, 0.2) is 32.1 Å². The van der Waals surface area contributed by atoms with Crippen LogP contribution < -0.4 is 5.32 Å². The van der Waals surface area contributed by atoms with Crippen molar-refractivity contribution in [2.45, 2.75) is 25.7 Å². The highest BCUT2D eigenvalue weighted by Crippen LogP contribution is 2.28. The van der Waals surface area contributed by atoms with Crippen LogP contribution in [0.3, 0.4) is 0 Å². The van der Waals surface area contributed by atoms with Gasteiger partial charge in [-0.05, 0) is 44.0 Å². The lowest BCUT2D eigenvalue weighted by molar-refractivity contribution is -0.131. The number of aromatic nitrogens is 1. The van der Waals surface area contributed by atoms with Crippen molar-refractivity contribution in [1.82, 2.24) is 10.1 Å². The molecular formula is C17H20BrN3O3S. The van der Waals surface area contributed by atoms with E-state index < -0.39 is 0 Å². The van der Waals surface area contributed by atoms with E-state index >= 15 is 0 Å². The number of likely N-dealkylation sites (N-methyl/N-ethyl adjacent to an activating group) is 1. The highest BCUT2D eigenvalue weighted by atomic mass is 79.9. The summed E-state index contributed by atoms with van der Waals surface area (Å²) in [6.07, 6.45) is 0. The van der Waals surface area contributed by atoms with Gasteiger partial charge in [0.2, 0.25) is 11.8 Å². The number of carbonyl (C=O) groups is 2. The number of carbonyl (C=O) groups excluding carboxylic acids is 2. The second-order valence-corrected chi connectivity index (χ2v) is 7.65. The largest absolute Gasteiger partial charge is 0.360 e. The first-order valence-electron chi connectivity index (χ1n) is 7.63. The summed E-state index contributed by atoms with van der Waals surface area (Å²) in [6.45, 7) is 5.72. The van der Waals surface area contributed by atoms with Crippen molar-refractivity contribution in [2.75, 3.05) is 24.7 Å². The summed E-state index contributed by atoms with van der Waals surface area (Å²) in [5, 5.41) is 6.29. The van der Waals surface area contributed by atoms with Crippen molar-refractivity contribution in [2.24, 2.45) is 0 Å². The third-order valence-corrected chi connectivity index (χ3v) is 5.51. The van der Waals surface area contributed by atoms with E-state index in [9.17, 15) is 9.59 Å². The maximum atomic E-state index is 12.3. The summed E-state index contributed by atoms with van der Waals surface area (Å²) >= 11 is 4.97. The molecule has 1 aromatic carbocycles. The number of amides is 2. The van der Waals surface area contributed by atoms with Crippen LogP contribution in [0.1, 0.15) is 16.9 Å². The monoisotopic (exact) mass is 425 g/mol. The molecule has 0 aliphatic heterocycles. The minimum atomic E-state index is -0.315. The SMILES string of the molecule is Cc1cc(NC(=O)CN(C)C(=O)CSc2cc(C)c(Br)cc2C)no1. The Kier molecular flexibility index (Phi) is 6.66. The fraction of sp³-hybridized carbons (Fsp3) is 0.353. The first-order valence-corrected chi connectivity index (χ1v) is 9.41. The minimum absolute atomic E-state index is 0.0380. The van der Waals surface area contributed by atoms with Gasteiger partial charge in [0.25, 0.3) is 0 Å². The van der Waals surface area contributed by atoms with E-state index in [4.69, 9.17) is 4.52 Å². The molecule has 1 heterocycles. The van der Waals surface area contributed by atoms with Gasteiger partial charge in [-0.25, -0.2) is 0 Å². The summed E-state index contributed by atoms with van der Waals surface area (Å²) in [7, 11) is 1.61. The predicted octanol–water partition coefficient (Wildman–Crippen LogP) is 3.55. The number of rotatable bonds is 6. The van der Waals surface area contributed by atoms with E-state index in [2.05, 4.69) is 32.5 Å². The van der Waals surface area contributed by atoms with Crippen LogP contribution >= 0.6 is 27.7 Å². The van der Waals surface area contributed by atoms with Gasteiger partial charge in [0.05, 0.1) is 12.3 Å². The maximum Gasteiger partial charge on any atom is 0.245 e. The average Bonchev–Trinajstić information content (AvgIpc) is 2.93. The first-order chi connectivity index (χ1) is 11.8. The number of nitrogens with one attached hydrogen (secondary N) is 1. The number of thioether (sulfide) groups is 1. The third kappa shape index (κ3) is 5.61. The maximum absolute atomic E-state index is 12.3. The van der Waals surface area contributed by atoms with E-state index in [0.29, 0.717) is 11.6 Å². The Labute approximate surface area is 159 Å². The number of hydrogen-bond acceptors (Lipinski definition) is 5. The third-order valence-electron chi connectivity index (χ3n) is 3.51. The van der Waals surface area contributed by atoms with Crippen LogP contribution in [0.5, 0.6) is 0 Å². The van der Waals surface area contributed by atoms with Gasteiger partial charge in [0, 0.05) is 22.5 Å². The van der Waals surface area contributed by atoms with E-state index in [0.717, 1.165) is 20.5 Å². The van der Waals surface area contributed by atoms with Crippen molar-refractivity contribution in [3.63, 3.8) is 0 Å². The number of benzene rings is 1. The fourth-order valence-corrected chi connectivity index (χ4v) is 3.57. The fourth-order valence-electron chi connectivity index (χ4n) is 2.07. The molecular weight excluding hydrogens is 406 g/mol. The lowest BCUT2D eigenvalue weighted by atomic mass is 10.2. The quantitative estimate of drug-likeness (QED) is 0.716. The molecule has 134 valence electrons. The Morgan fingerprint density at radius 1 is 1.24 bits per heavy atom. The molecule has 2 aromatic rings. The molecule has 0 aliphatic rings. The Morgan fingerprint density at radius 2 is 1.96 bits per heavy atom. The topological polar surface area (TPSA) is 75.4 Å². The number of halogens is 1. The molecule has 0 radical (unpaired) electrons. The molecule has 0 aliphatic carbocycles. The second kappa shape index (κ2) is 8.53. The van der Waals surface area contributed by atoms with Crippen LogP contribution in [0.25, 0.3) is 0 Å². The molecule has 0 saturated heterocycles. The van der Waals surface area contributed by atoms with E-state index in [-0.39, 0.29) is 24.1 Å². The second-order valence-electron chi connectivity index (χ2n) is 5.78. The van der Waals surface area contributed by atoms with Gasteiger partial charge in [-0.2, -0.15) is 0 Å².